The molecule has 2 fully saturated rings. The Kier molecular flexibility index (Phi) is 4.65. The number of benzene rings is 1. The van der Waals surface area contributed by atoms with Crippen molar-refractivity contribution < 1.29 is 9.47 Å². The summed E-state index contributed by atoms with van der Waals surface area (Å²) in [7, 11) is 0. The highest BCUT2D eigenvalue weighted by Gasteiger charge is 2.40. The molecule has 2 aliphatic heterocycles. The molecule has 0 bridgehead atoms. The predicted octanol–water partition coefficient (Wildman–Crippen LogP) is 3.27. The van der Waals surface area contributed by atoms with Crippen LogP contribution in [0.5, 0.6) is 0 Å². The van der Waals surface area contributed by atoms with E-state index < -0.39 is 0 Å². The van der Waals surface area contributed by atoms with Gasteiger partial charge in [-0.2, -0.15) is 0 Å². The molecular weight excluding hydrogens is 365 g/mol. The van der Waals surface area contributed by atoms with E-state index in [1.54, 1.807) is 0 Å². The number of hydrogen-bond donors (Lipinski definition) is 1. The molecule has 3 rings (SSSR count). The van der Waals surface area contributed by atoms with Gasteiger partial charge in [0.1, 0.15) is 0 Å². The van der Waals surface area contributed by atoms with Gasteiger partial charge in [0.2, 0.25) is 0 Å². The highest BCUT2D eigenvalue weighted by molar-refractivity contribution is 14.1. The second-order valence-electron chi connectivity index (χ2n) is 5.97. The third-order valence-corrected chi connectivity index (χ3v) is 5.42. The van der Waals surface area contributed by atoms with Crippen LogP contribution < -0.4 is 5.73 Å². The number of nitrogens with two attached hydrogens (primary N) is 1. The first-order valence-corrected chi connectivity index (χ1v) is 8.49. The lowest BCUT2D eigenvalue weighted by molar-refractivity contribution is -0.149. The van der Waals surface area contributed by atoms with Crippen molar-refractivity contribution in [2.24, 2.45) is 11.7 Å². The van der Waals surface area contributed by atoms with Crippen molar-refractivity contribution in [3.05, 3.63) is 33.4 Å². The monoisotopic (exact) mass is 387 g/mol. The minimum atomic E-state index is 0.0298. The molecule has 3 nitrogen and oxygen atoms in total. The molecule has 2 atom stereocenters. The average Bonchev–Trinajstić information content (AvgIpc) is 2.48. The van der Waals surface area contributed by atoms with Crippen LogP contribution in [0.4, 0.5) is 0 Å². The van der Waals surface area contributed by atoms with E-state index in [1.165, 1.54) is 9.13 Å². The Bertz CT molecular complexity index is 437. The Labute approximate surface area is 134 Å². The van der Waals surface area contributed by atoms with E-state index in [2.05, 4.69) is 46.9 Å². The summed E-state index contributed by atoms with van der Waals surface area (Å²) in [5, 5.41) is 0. The zero-order valence-electron chi connectivity index (χ0n) is 11.7. The maximum absolute atomic E-state index is 6.52. The number of hydrogen-bond acceptors (Lipinski definition) is 3. The zero-order chi connectivity index (χ0) is 14.0. The largest absolute Gasteiger partial charge is 0.381 e. The van der Waals surface area contributed by atoms with Crippen LogP contribution in [0.3, 0.4) is 0 Å². The van der Waals surface area contributed by atoms with Gasteiger partial charge in [0.25, 0.3) is 0 Å². The van der Waals surface area contributed by atoms with E-state index in [4.69, 9.17) is 15.2 Å². The molecule has 20 heavy (non-hydrogen) atoms. The maximum atomic E-state index is 6.52. The average molecular weight is 387 g/mol. The summed E-state index contributed by atoms with van der Waals surface area (Å²) in [4.78, 5) is 0. The molecule has 2 unspecified atom stereocenters. The van der Waals surface area contributed by atoms with Crippen LogP contribution in [0.15, 0.2) is 24.3 Å². The molecule has 2 heterocycles. The Hall–Kier alpha value is -0.170. The smallest absolute Gasteiger partial charge is 0.0729 e. The van der Waals surface area contributed by atoms with Crippen molar-refractivity contribution >= 4 is 22.6 Å². The number of rotatable bonds is 2. The van der Waals surface area contributed by atoms with Gasteiger partial charge in [-0.3, -0.25) is 0 Å². The normalized spacial score (nSPS) is 27.4. The molecule has 2 N–H and O–H groups in total. The van der Waals surface area contributed by atoms with Crippen molar-refractivity contribution in [1.82, 2.24) is 0 Å². The minimum Gasteiger partial charge on any atom is -0.381 e. The Balaban J connectivity index is 1.71. The van der Waals surface area contributed by atoms with Crippen molar-refractivity contribution in [3.63, 3.8) is 0 Å². The molecular formula is C16H22INO2. The molecule has 2 saturated heterocycles. The van der Waals surface area contributed by atoms with Crippen molar-refractivity contribution in [2.75, 3.05) is 19.8 Å². The molecule has 4 heteroatoms. The van der Waals surface area contributed by atoms with Gasteiger partial charge in [-0.25, -0.2) is 0 Å². The van der Waals surface area contributed by atoms with E-state index in [-0.39, 0.29) is 11.6 Å². The van der Waals surface area contributed by atoms with E-state index in [1.807, 2.05) is 0 Å². The molecule has 2 aliphatic rings. The van der Waals surface area contributed by atoms with Gasteiger partial charge < -0.3 is 15.2 Å². The fraction of sp³-hybridized carbons (Fsp3) is 0.625. The summed E-state index contributed by atoms with van der Waals surface area (Å²) in [5.41, 5.74) is 7.80. The predicted molar refractivity (Wildman–Crippen MR) is 87.5 cm³/mol. The lowest BCUT2D eigenvalue weighted by Crippen LogP contribution is -2.46. The molecule has 110 valence electrons. The molecule has 1 spiro atoms. The number of ether oxygens (including phenoxy) is 2. The fourth-order valence-electron chi connectivity index (χ4n) is 3.42. The lowest BCUT2D eigenvalue weighted by atomic mass is 9.76. The highest BCUT2D eigenvalue weighted by Crippen LogP contribution is 2.41. The van der Waals surface area contributed by atoms with Crippen LogP contribution >= 0.6 is 22.6 Å². The Morgan fingerprint density at radius 2 is 1.85 bits per heavy atom. The second kappa shape index (κ2) is 6.30. The summed E-state index contributed by atoms with van der Waals surface area (Å²) < 4.78 is 12.8. The van der Waals surface area contributed by atoms with E-state index in [0.717, 1.165) is 45.5 Å². The summed E-state index contributed by atoms with van der Waals surface area (Å²) in [6.07, 6.45) is 4.17. The molecule has 0 radical (unpaired) electrons. The van der Waals surface area contributed by atoms with Crippen molar-refractivity contribution in [2.45, 2.75) is 37.3 Å². The topological polar surface area (TPSA) is 44.5 Å². The van der Waals surface area contributed by atoms with Gasteiger partial charge in [-0.05, 0) is 71.9 Å². The first kappa shape index (κ1) is 14.8. The molecule has 0 aromatic heterocycles. The molecule has 0 saturated carbocycles. The minimum absolute atomic E-state index is 0.0298. The van der Waals surface area contributed by atoms with Gasteiger partial charge in [-0.1, -0.05) is 12.1 Å². The van der Waals surface area contributed by atoms with Crippen LogP contribution in [0.1, 0.15) is 37.3 Å². The maximum Gasteiger partial charge on any atom is 0.0729 e. The molecule has 0 amide bonds. The van der Waals surface area contributed by atoms with Crippen LogP contribution in [-0.4, -0.2) is 25.4 Å². The summed E-state index contributed by atoms with van der Waals surface area (Å²) in [6, 6.07) is 8.73. The van der Waals surface area contributed by atoms with Crippen LogP contribution in [0.25, 0.3) is 0 Å². The van der Waals surface area contributed by atoms with Crippen LogP contribution in [-0.2, 0) is 9.47 Å². The number of halogens is 1. The van der Waals surface area contributed by atoms with E-state index in [9.17, 15) is 0 Å². The van der Waals surface area contributed by atoms with Gasteiger partial charge in [0, 0.05) is 29.4 Å². The zero-order valence-corrected chi connectivity index (χ0v) is 13.8. The quantitative estimate of drug-likeness (QED) is 0.793. The standard InChI is InChI=1S/C16H22INO2/c17-14-3-1-12(2-4-14)15(18)13-5-8-20-16(11-13)6-9-19-10-7-16/h1-4,13,15H,5-11,18H2. The molecule has 1 aromatic rings. The summed E-state index contributed by atoms with van der Waals surface area (Å²) >= 11 is 2.33. The van der Waals surface area contributed by atoms with Gasteiger partial charge in [-0.15, -0.1) is 0 Å². The Morgan fingerprint density at radius 1 is 1.15 bits per heavy atom. The highest BCUT2D eigenvalue weighted by atomic mass is 127. The summed E-state index contributed by atoms with van der Waals surface area (Å²) in [6.45, 7) is 2.49. The Morgan fingerprint density at radius 3 is 2.55 bits per heavy atom. The van der Waals surface area contributed by atoms with Gasteiger partial charge in [0.05, 0.1) is 5.60 Å². The van der Waals surface area contributed by atoms with E-state index >= 15 is 0 Å². The first-order valence-electron chi connectivity index (χ1n) is 7.41. The third kappa shape index (κ3) is 3.18. The molecule has 1 aromatic carbocycles. The van der Waals surface area contributed by atoms with Crippen LogP contribution in [0.2, 0.25) is 0 Å². The molecule has 0 aliphatic carbocycles. The van der Waals surface area contributed by atoms with Crippen LogP contribution in [0, 0.1) is 9.49 Å². The lowest BCUT2D eigenvalue weighted by Gasteiger charge is -2.44. The van der Waals surface area contributed by atoms with Gasteiger partial charge in [0.15, 0.2) is 0 Å². The first-order chi connectivity index (χ1) is 9.69. The third-order valence-electron chi connectivity index (χ3n) is 4.70. The van der Waals surface area contributed by atoms with E-state index in [0.29, 0.717) is 5.92 Å². The van der Waals surface area contributed by atoms with Crippen molar-refractivity contribution in [1.29, 1.82) is 0 Å². The van der Waals surface area contributed by atoms with Crippen molar-refractivity contribution in [3.8, 4) is 0 Å². The summed E-state index contributed by atoms with van der Waals surface area (Å²) in [5.74, 6) is 0.516. The van der Waals surface area contributed by atoms with Gasteiger partial charge >= 0.3 is 0 Å². The SMILES string of the molecule is NC(c1ccc(I)cc1)C1CCOC2(CCOCC2)C1. The second-order valence-corrected chi connectivity index (χ2v) is 7.22. The fourth-order valence-corrected chi connectivity index (χ4v) is 3.78.